The van der Waals surface area contributed by atoms with Gasteiger partial charge in [-0.15, -0.1) is 0 Å². The van der Waals surface area contributed by atoms with E-state index in [0.29, 0.717) is 12.8 Å². The highest BCUT2D eigenvalue weighted by Gasteiger charge is 2.26. The third-order valence-corrected chi connectivity index (χ3v) is 2.87. The molecule has 0 N–H and O–H groups in total. The third-order valence-electron chi connectivity index (χ3n) is 2.87. The molecule has 0 aliphatic heterocycles. The predicted molar refractivity (Wildman–Crippen MR) is 91.2 cm³/mol. The maximum Gasteiger partial charge on any atom is 0.339 e. The number of carbonyl (C=O) groups is 3. The standard InChI is InChI=1S/C19H26O5/c1-18(2,3)23-16(21)14-10-9-13(8-7-11-20)12-15(14)17(22)24-19(4,5)6/h9-12H,7-8H2,1-6H3. The van der Waals surface area contributed by atoms with Gasteiger partial charge in [-0.1, -0.05) is 6.07 Å². The summed E-state index contributed by atoms with van der Waals surface area (Å²) in [6, 6.07) is 4.86. The highest BCUT2D eigenvalue weighted by Crippen LogP contribution is 2.21. The zero-order chi connectivity index (χ0) is 18.5. The number of esters is 2. The van der Waals surface area contributed by atoms with Gasteiger partial charge in [0.15, 0.2) is 0 Å². The number of aldehydes is 1. The Morgan fingerprint density at radius 3 is 1.88 bits per heavy atom. The summed E-state index contributed by atoms with van der Waals surface area (Å²) in [5.41, 5.74) is -0.244. The van der Waals surface area contributed by atoms with Crippen LogP contribution in [0.15, 0.2) is 18.2 Å². The van der Waals surface area contributed by atoms with Crippen LogP contribution in [0.3, 0.4) is 0 Å². The minimum atomic E-state index is -0.679. The largest absolute Gasteiger partial charge is 0.456 e. The molecule has 0 aliphatic rings. The quantitative estimate of drug-likeness (QED) is 0.606. The highest BCUT2D eigenvalue weighted by molar-refractivity contribution is 6.03. The molecule has 0 radical (unpaired) electrons. The Labute approximate surface area is 143 Å². The molecule has 0 aliphatic carbocycles. The molecule has 1 rings (SSSR count). The van der Waals surface area contributed by atoms with Gasteiger partial charge in [0.2, 0.25) is 0 Å². The summed E-state index contributed by atoms with van der Waals surface area (Å²) >= 11 is 0. The van der Waals surface area contributed by atoms with Crippen LogP contribution in [0.1, 0.15) is 74.2 Å². The summed E-state index contributed by atoms with van der Waals surface area (Å²) in [6.07, 6.45) is 1.66. The smallest absolute Gasteiger partial charge is 0.339 e. The number of hydrogen-bond donors (Lipinski definition) is 0. The lowest BCUT2D eigenvalue weighted by molar-refractivity contribution is -0.107. The van der Waals surface area contributed by atoms with E-state index in [1.165, 1.54) is 0 Å². The molecule has 0 heterocycles. The molecule has 0 saturated carbocycles. The molecule has 0 fully saturated rings. The molecule has 0 unspecified atom stereocenters. The van der Waals surface area contributed by atoms with E-state index in [4.69, 9.17) is 9.47 Å². The van der Waals surface area contributed by atoms with Crippen molar-refractivity contribution in [1.82, 2.24) is 0 Å². The fourth-order valence-corrected chi connectivity index (χ4v) is 1.99. The van der Waals surface area contributed by atoms with Crippen LogP contribution in [0, 0.1) is 0 Å². The van der Waals surface area contributed by atoms with Crippen molar-refractivity contribution >= 4 is 18.2 Å². The number of hydrogen-bond acceptors (Lipinski definition) is 5. The summed E-state index contributed by atoms with van der Waals surface area (Å²) in [6.45, 7) is 10.6. The fourth-order valence-electron chi connectivity index (χ4n) is 1.99. The van der Waals surface area contributed by atoms with Crippen LogP contribution in [0.25, 0.3) is 0 Å². The maximum atomic E-state index is 12.5. The molecular weight excluding hydrogens is 308 g/mol. The summed E-state index contributed by atoms with van der Waals surface area (Å²) in [5.74, 6) is -1.17. The van der Waals surface area contributed by atoms with Crippen molar-refractivity contribution in [1.29, 1.82) is 0 Å². The summed E-state index contributed by atoms with van der Waals surface area (Å²) < 4.78 is 10.8. The first-order valence-electron chi connectivity index (χ1n) is 7.96. The van der Waals surface area contributed by atoms with Gasteiger partial charge in [0, 0.05) is 6.42 Å². The summed E-state index contributed by atoms with van der Waals surface area (Å²) in [4.78, 5) is 35.4. The average molecular weight is 334 g/mol. The molecule has 0 amide bonds. The second-order valence-corrected chi connectivity index (χ2v) is 7.59. The Morgan fingerprint density at radius 2 is 1.42 bits per heavy atom. The molecule has 0 spiro atoms. The van der Waals surface area contributed by atoms with E-state index in [0.717, 1.165) is 11.8 Å². The first-order valence-corrected chi connectivity index (χ1v) is 7.96. The summed E-state index contributed by atoms with van der Waals surface area (Å²) in [5, 5.41) is 0. The zero-order valence-corrected chi connectivity index (χ0v) is 15.3. The lowest BCUT2D eigenvalue weighted by Gasteiger charge is -2.23. The topological polar surface area (TPSA) is 69.7 Å². The van der Waals surface area contributed by atoms with Gasteiger partial charge in [0.05, 0.1) is 11.1 Å². The van der Waals surface area contributed by atoms with Crippen molar-refractivity contribution in [2.24, 2.45) is 0 Å². The van der Waals surface area contributed by atoms with Crippen molar-refractivity contribution in [3.63, 3.8) is 0 Å². The molecule has 132 valence electrons. The summed E-state index contributed by atoms with van der Waals surface area (Å²) in [7, 11) is 0. The van der Waals surface area contributed by atoms with Crippen molar-refractivity contribution in [2.75, 3.05) is 0 Å². The van der Waals surface area contributed by atoms with Crippen LogP contribution >= 0.6 is 0 Å². The van der Waals surface area contributed by atoms with Crippen LogP contribution in [0.2, 0.25) is 0 Å². The van der Waals surface area contributed by atoms with Crippen LogP contribution in [-0.2, 0) is 20.7 Å². The van der Waals surface area contributed by atoms with Crippen molar-refractivity contribution < 1.29 is 23.9 Å². The van der Waals surface area contributed by atoms with E-state index in [9.17, 15) is 14.4 Å². The number of ether oxygens (including phenoxy) is 2. The van der Waals surface area contributed by atoms with Crippen LogP contribution in [0.4, 0.5) is 0 Å². The van der Waals surface area contributed by atoms with Gasteiger partial charge in [0.25, 0.3) is 0 Å². The molecule has 0 bridgehead atoms. The SMILES string of the molecule is CC(C)(C)OC(=O)c1ccc(CCC=O)cc1C(=O)OC(C)(C)C. The number of carbonyl (C=O) groups excluding carboxylic acids is 3. The second-order valence-electron chi connectivity index (χ2n) is 7.59. The van der Waals surface area contributed by atoms with Gasteiger partial charge in [-0.3, -0.25) is 0 Å². The van der Waals surface area contributed by atoms with E-state index in [1.54, 1.807) is 59.7 Å². The molecule has 5 nitrogen and oxygen atoms in total. The Hall–Kier alpha value is -2.17. The maximum absolute atomic E-state index is 12.5. The number of benzene rings is 1. The predicted octanol–water partition coefficient (Wildman–Crippen LogP) is 3.73. The molecular formula is C19H26O5. The lowest BCUT2D eigenvalue weighted by atomic mass is 10.0. The number of rotatable bonds is 5. The van der Waals surface area contributed by atoms with Gasteiger partial charge in [-0.25, -0.2) is 9.59 Å². The number of aryl methyl sites for hydroxylation is 1. The van der Waals surface area contributed by atoms with Crippen molar-refractivity contribution in [3.8, 4) is 0 Å². The average Bonchev–Trinajstić information content (AvgIpc) is 2.41. The van der Waals surface area contributed by atoms with Crippen LogP contribution in [-0.4, -0.2) is 29.4 Å². The monoisotopic (exact) mass is 334 g/mol. The molecule has 0 atom stereocenters. The Balaban J connectivity index is 3.23. The van der Waals surface area contributed by atoms with E-state index >= 15 is 0 Å². The third kappa shape index (κ3) is 6.52. The van der Waals surface area contributed by atoms with Gasteiger partial charge in [0.1, 0.15) is 17.5 Å². The Bertz CT molecular complexity index is 618. The van der Waals surface area contributed by atoms with E-state index in [1.807, 2.05) is 0 Å². The van der Waals surface area contributed by atoms with Crippen molar-refractivity contribution in [3.05, 3.63) is 34.9 Å². The Morgan fingerprint density at radius 1 is 0.917 bits per heavy atom. The lowest BCUT2D eigenvalue weighted by Crippen LogP contribution is -2.28. The normalized spacial score (nSPS) is 11.8. The first-order chi connectivity index (χ1) is 10.9. The van der Waals surface area contributed by atoms with Gasteiger partial charge >= 0.3 is 11.9 Å². The minimum absolute atomic E-state index is 0.155. The van der Waals surface area contributed by atoms with E-state index in [-0.39, 0.29) is 11.1 Å². The molecule has 0 saturated heterocycles. The zero-order valence-electron chi connectivity index (χ0n) is 15.3. The first kappa shape index (κ1) is 19.9. The van der Waals surface area contributed by atoms with E-state index in [2.05, 4.69) is 0 Å². The molecule has 1 aromatic carbocycles. The van der Waals surface area contributed by atoms with Gasteiger partial charge < -0.3 is 14.3 Å². The molecule has 24 heavy (non-hydrogen) atoms. The second kappa shape index (κ2) is 7.60. The van der Waals surface area contributed by atoms with E-state index < -0.39 is 23.1 Å². The van der Waals surface area contributed by atoms with Crippen LogP contribution in [0.5, 0.6) is 0 Å². The molecule has 0 aromatic heterocycles. The fraction of sp³-hybridized carbons (Fsp3) is 0.526. The minimum Gasteiger partial charge on any atom is -0.456 e. The molecule has 5 heteroatoms. The highest BCUT2D eigenvalue weighted by atomic mass is 16.6. The van der Waals surface area contributed by atoms with Gasteiger partial charge in [-0.05, 0) is 65.7 Å². The van der Waals surface area contributed by atoms with Crippen molar-refractivity contribution in [2.45, 2.75) is 65.6 Å². The van der Waals surface area contributed by atoms with Gasteiger partial charge in [-0.2, -0.15) is 0 Å². The van der Waals surface area contributed by atoms with Crippen LogP contribution < -0.4 is 0 Å². The Kier molecular flexibility index (Phi) is 6.29. The molecule has 1 aromatic rings.